The van der Waals surface area contributed by atoms with Crippen LogP contribution in [-0.2, 0) is 0 Å². The Morgan fingerprint density at radius 2 is 0.897 bits per heavy atom. The molecule has 2 rings (SSSR count). The van der Waals surface area contributed by atoms with E-state index < -0.39 is 0 Å². The Morgan fingerprint density at radius 1 is 0.517 bits per heavy atom. The summed E-state index contributed by atoms with van der Waals surface area (Å²) in [4.78, 5) is 0. The Morgan fingerprint density at radius 3 is 1.24 bits per heavy atom. The van der Waals surface area contributed by atoms with Crippen molar-refractivity contribution in [1.29, 1.82) is 0 Å². The van der Waals surface area contributed by atoms with E-state index in [0.29, 0.717) is 0 Å². The predicted octanol–water partition coefficient (Wildman–Crippen LogP) is 7.03. The van der Waals surface area contributed by atoms with Crippen LogP contribution in [0.5, 0.6) is 0 Å². The van der Waals surface area contributed by atoms with Crippen molar-refractivity contribution in [1.82, 2.24) is 0 Å². The molecule has 0 aromatic heterocycles. The first-order valence-electron chi connectivity index (χ1n) is 13.7. The fourth-order valence-corrected chi connectivity index (χ4v) is 6.05. The average molecular weight is 409 g/mol. The van der Waals surface area contributed by atoms with E-state index >= 15 is 0 Å². The lowest BCUT2D eigenvalue weighted by Gasteiger charge is -2.41. The molecule has 0 atom stereocenters. The van der Waals surface area contributed by atoms with Gasteiger partial charge in [-0.25, -0.2) is 0 Å². The predicted molar refractivity (Wildman–Crippen MR) is 129 cm³/mol. The van der Waals surface area contributed by atoms with Crippen LogP contribution in [0.1, 0.15) is 110 Å². The van der Waals surface area contributed by atoms with Crippen molar-refractivity contribution >= 4 is 0 Å². The van der Waals surface area contributed by atoms with E-state index in [9.17, 15) is 0 Å². The van der Waals surface area contributed by atoms with Gasteiger partial charge in [-0.1, -0.05) is 58.8 Å². The summed E-state index contributed by atoms with van der Waals surface area (Å²) in [6, 6.07) is 0. The van der Waals surface area contributed by atoms with Gasteiger partial charge in [0.2, 0.25) is 0 Å². The van der Waals surface area contributed by atoms with Crippen molar-refractivity contribution in [2.45, 2.75) is 110 Å². The summed E-state index contributed by atoms with van der Waals surface area (Å²) in [6.07, 6.45) is 22.0. The third-order valence-corrected chi connectivity index (χ3v) is 8.64. The van der Waals surface area contributed by atoms with Crippen molar-refractivity contribution in [3.8, 4) is 0 Å². The molecule has 0 aromatic rings. The normalized spacial score (nSPS) is 33.1. The van der Waals surface area contributed by atoms with Crippen LogP contribution < -0.4 is 0 Å². The minimum absolute atomic E-state index is 1.04. The lowest BCUT2D eigenvalue weighted by molar-refractivity contribution is -0.915. The smallest absolute Gasteiger partial charge is 0.0787 e. The molecule has 0 bridgehead atoms. The summed E-state index contributed by atoms with van der Waals surface area (Å²) in [5.74, 6) is 2.08. The third-order valence-electron chi connectivity index (χ3n) is 8.64. The quantitative estimate of drug-likeness (QED) is 0.214. The molecule has 0 aromatic carbocycles. The van der Waals surface area contributed by atoms with Crippen molar-refractivity contribution in [2.24, 2.45) is 11.8 Å². The van der Waals surface area contributed by atoms with Gasteiger partial charge >= 0.3 is 0 Å². The zero-order valence-electron chi connectivity index (χ0n) is 20.9. The molecule has 2 fully saturated rings. The van der Waals surface area contributed by atoms with Crippen LogP contribution in [0, 0.1) is 11.8 Å². The number of hydrogen-bond acceptors (Lipinski definition) is 0. The molecule has 2 saturated heterocycles. The molecule has 2 aliphatic rings. The fraction of sp³-hybridized carbons (Fsp3) is 1.00. The van der Waals surface area contributed by atoms with E-state index in [-0.39, 0.29) is 0 Å². The minimum atomic E-state index is 1.04. The molecule has 2 nitrogen and oxygen atoms in total. The van der Waals surface area contributed by atoms with E-state index in [0.717, 1.165) is 11.8 Å². The van der Waals surface area contributed by atoms with Crippen molar-refractivity contribution in [3.05, 3.63) is 0 Å². The van der Waals surface area contributed by atoms with Crippen LogP contribution in [0.15, 0.2) is 0 Å². The summed E-state index contributed by atoms with van der Waals surface area (Å²) in [7, 11) is 5.06. The Labute approximate surface area is 184 Å². The van der Waals surface area contributed by atoms with Crippen LogP contribution in [0.3, 0.4) is 0 Å². The Balaban J connectivity index is 1.53. The average Bonchev–Trinajstić information content (AvgIpc) is 2.72. The van der Waals surface area contributed by atoms with Gasteiger partial charge < -0.3 is 8.97 Å². The second kappa shape index (κ2) is 13.4. The van der Waals surface area contributed by atoms with Gasteiger partial charge in [0.25, 0.3) is 0 Å². The molecule has 0 spiro atoms. The maximum atomic E-state index is 2.53. The Hall–Kier alpha value is -0.0800. The van der Waals surface area contributed by atoms with Crippen LogP contribution in [0.2, 0.25) is 0 Å². The van der Waals surface area contributed by atoms with Gasteiger partial charge in [0.15, 0.2) is 0 Å². The Kier molecular flexibility index (Phi) is 11.6. The van der Waals surface area contributed by atoms with Gasteiger partial charge in [0.1, 0.15) is 0 Å². The standard InChI is InChI=1S/C27H56N2/c1-5-7-9-11-20-28(3)22-16-26(17-23-28)14-13-15-27-18-24-29(4,25-19-27)21-12-10-8-6-2/h26-27H,5-25H2,1-4H3/q+2. The monoisotopic (exact) mass is 408 g/mol. The zero-order chi connectivity index (χ0) is 21.0. The maximum Gasteiger partial charge on any atom is 0.0787 e. The lowest BCUT2D eigenvalue weighted by atomic mass is 9.86. The van der Waals surface area contributed by atoms with E-state index in [1.54, 1.807) is 0 Å². The first kappa shape index (κ1) is 25.2. The fourth-order valence-electron chi connectivity index (χ4n) is 6.05. The highest BCUT2D eigenvalue weighted by atomic mass is 15.3. The molecule has 172 valence electrons. The molecule has 29 heavy (non-hydrogen) atoms. The van der Waals surface area contributed by atoms with E-state index in [1.807, 2.05) is 0 Å². The largest absolute Gasteiger partial charge is 0.326 e. The van der Waals surface area contributed by atoms with Gasteiger partial charge in [-0.3, -0.25) is 0 Å². The lowest BCUT2D eigenvalue weighted by Crippen LogP contribution is -2.50. The van der Waals surface area contributed by atoms with Gasteiger partial charge in [-0.2, -0.15) is 0 Å². The highest BCUT2D eigenvalue weighted by Gasteiger charge is 2.31. The molecule has 0 unspecified atom stereocenters. The van der Waals surface area contributed by atoms with Crippen molar-refractivity contribution in [3.63, 3.8) is 0 Å². The highest BCUT2D eigenvalue weighted by Crippen LogP contribution is 2.30. The molecule has 2 heteroatoms. The Bertz CT molecular complexity index is 365. The van der Waals surface area contributed by atoms with Gasteiger partial charge in [0, 0.05) is 0 Å². The second-order valence-corrected chi connectivity index (χ2v) is 11.5. The summed E-state index contributed by atoms with van der Waals surface area (Å²) in [6.45, 7) is 13.3. The molecular weight excluding hydrogens is 352 g/mol. The zero-order valence-corrected chi connectivity index (χ0v) is 20.9. The molecule has 0 radical (unpaired) electrons. The topological polar surface area (TPSA) is 0 Å². The number of nitrogens with zero attached hydrogens (tertiary/aromatic N) is 2. The van der Waals surface area contributed by atoms with Crippen LogP contribution in [0.4, 0.5) is 0 Å². The SMILES string of the molecule is CCCCCC[N+]1(C)CCC(CCCC2CC[N+](C)(CCCCCC)CC2)CC1. The van der Waals surface area contributed by atoms with E-state index in [4.69, 9.17) is 0 Å². The number of piperidine rings is 2. The first-order chi connectivity index (χ1) is 14.0. The molecule has 0 N–H and O–H groups in total. The molecule has 2 heterocycles. The van der Waals surface area contributed by atoms with Crippen molar-refractivity contribution in [2.75, 3.05) is 53.4 Å². The number of likely N-dealkylation sites (tertiary alicyclic amines) is 2. The molecule has 0 amide bonds. The van der Waals surface area contributed by atoms with Crippen LogP contribution in [0.25, 0.3) is 0 Å². The summed E-state index contributed by atoms with van der Waals surface area (Å²) in [5.41, 5.74) is 0. The number of quaternary nitrogens is 2. The first-order valence-corrected chi connectivity index (χ1v) is 13.7. The van der Waals surface area contributed by atoms with E-state index in [2.05, 4.69) is 27.9 Å². The molecule has 0 aliphatic carbocycles. The minimum Gasteiger partial charge on any atom is -0.326 e. The van der Waals surface area contributed by atoms with Crippen LogP contribution >= 0.6 is 0 Å². The van der Waals surface area contributed by atoms with Gasteiger partial charge in [-0.05, 0) is 63.2 Å². The maximum absolute atomic E-state index is 2.53. The molecular formula is C27H56N2+2. The number of unbranched alkanes of at least 4 members (excludes halogenated alkanes) is 6. The third kappa shape index (κ3) is 9.72. The van der Waals surface area contributed by atoms with Gasteiger partial charge in [-0.15, -0.1) is 0 Å². The van der Waals surface area contributed by atoms with Crippen LogP contribution in [-0.4, -0.2) is 62.3 Å². The van der Waals surface area contributed by atoms with Crippen molar-refractivity contribution < 1.29 is 8.97 Å². The van der Waals surface area contributed by atoms with Gasteiger partial charge in [0.05, 0.1) is 53.4 Å². The molecule has 2 aliphatic heterocycles. The number of rotatable bonds is 14. The van der Waals surface area contributed by atoms with E-state index in [1.165, 1.54) is 145 Å². The summed E-state index contributed by atoms with van der Waals surface area (Å²) >= 11 is 0. The number of hydrogen-bond donors (Lipinski definition) is 0. The second-order valence-electron chi connectivity index (χ2n) is 11.5. The summed E-state index contributed by atoms with van der Waals surface area (Å²) < 4.78 is 2.75. The summed E-state index contributed by atoms with van der Waals surface area (Å²) in [5, 5.41) is 0. The highest BCUT2D eigenvalue weighted by molar-refractivity contribution is 4.69. The molecule has 0 saturated carbocycles.